The van der Waals surface area contributed by atoms with Crippen LogP contribution in [-0.2, 0) is 0 Å². The Balaban J connectivity index is 2.04. The SMILES string of the molecule is COc1ccc(C(C)NC(=S)Nc2ccc(Cl)c(Cl)c2)cc1OC. The second-order valence-electron chi connectivity index (χ2n) is 5.06. The molecule has 2 rings (SSSR count). The van der Waals surface area contributed by atoms with Crippen LogP contribution in [0.4, 0.5) is 5.69 Å². The smallest absolute Gasteiger partial charge is 0.171 e. The van der Waals surface area contributed by atoms with E-state index < -0.39 is 0 Å². The topological polar surface area (TPSA) is 42.5 Å². The van der Waals surface area contributed by atoms with Gasteiger partial charge in [0, 0.05) is 5.69 Å². The van der Waals surface area contributed by atoms with E-state index in [1.54, 1.807) is 26.4 Å². The molecule has 0 aliphatic heterocycles. The van der Waals surface area contributed by atoms with E-state index in [2.05, 4.69) is 10.6 Å². The zero-order valence-electron chi connectivity index (χ0n) is 13.5. The van der Waals surface area contributed by atoms with Crippen LogP contribution < -0.4 is 20.1 Å². The zero-order chi connectivity index (χ0) is 17.7. The van der Waals surface area contributed by atoms with Crippen LogP contribution >= 0.6 is 35.4 Å². The van der Waals surface area contributed by atoms with Crippen molar-refractivity contribution in [2.75, 3.05) is 19.5 Å². The average Bonchev–Trinajstić information content (AvgIpc) is 2.57. The van der Waals surface area contributed by atoms with E-state index in [-0.39, 0.29) is 6.04 Å². The van der Waals surface area contributed by atoms with Crippen molar-refractivity contribution in [1.29, 1.82) is 0 Å². The summed E-state index contributed by atoms with van der Waals surface area (Å²) in [5, 5.41) is 7.75. The summed E-state index contributed by atoms with van der Waals surface area (Å²) in [5.74, 6) is 1.36. The van der Waals surface area contributed by atoms with Gasteiger partial charge in [-0.3, -0.25) is 0 Å². The lowest BCUT2D eigenvalue weighted by Gasteiger charge is -2.19. The number of rotatable bonds is 5. The molecule has 1 unspecified atom stereocenters. The Morgan fingerprint density at radius 2 is 1.71 bits per heavy atom. The maximum absolute atomic E-state index is 6.00. The third-order valence-corrected chi connectivity index (χ3v) is 4.39. The van der Waals surface area contributed by atoms with Crippen LogP contribution in [-0.4, -0.2) is 19.3 Å². The Labute approximate surface area is 157 Å². The third-order valence-electron chi connectivity index (χ3n) is 3.43. The number of nitrogens with one attached hydrogen (secondary N) is 2. The summed E-state index contributed by atoms with van der Waals surface area (Å²) < 4.78 is 10.6. The van der Waals surface area contributed by atoms with E-state index in [1.165, 1.54) is 0 Å². The Hall–Kier alpha value is -1.69. The Kier molecular flexibility index (Phi) is 6.54. The van der Waals surface area contributed by atoms with Crippen molar-refractivity contribution >= 4 is 46.2 Å². The number of hydrogen-bond donors (Lipinski definition) is 2. The number of thiocarbonyl (C=S) groups is 1. The van der Waals surface area contributed by atoms with Gasteiger partial charge in [-0.05, 0) is 55.0 Å². The highest BCUT2D eigenvalue weighted by molar-refractivity contribution is 7.80. The Bertz CT molecular complexity index is 741. The molecule has 2 aromatic rings. The minimum atomic E-state index is -0.0208. The van der Waals surface area contributed by atoms with Gasteiger partial charge in [0.15, 0.2) is 16.6 Å². The Morgan fingerprint density at radius 3 is 2.33 bits per heavy atom. The van der Waals surface area contributed by atoms with Gasteiger partial charge in [0.25, 0.3) is 0 Å². The summed E-state index contributed by atoms with van der Waals surface area (Å²) >= 11 is 17.2. The molecule has 0 saturated carbocycles. The summed E-state index contributed by atoms with van der Waals surface area (Å²) in [4.78, 5) is 0. The first-order valence-corrected chi connectivity index (χ1v) is 8.35. The molecule has 0 aliphatic rings. The van der Waals surface area contributed by atoms with Gasteiger partial charge in [0.2, 0.25) is 0 Å². The van der Waals surface area contributed by atoms with Crippen molar-refractivity contribution in [2.24, 2.45) is 0 Å². The summed E-state index contributed by atoms with van der Waals surface area (Å²) in [6.45, 7) is 2.00. The fourth-order valence-corrected chi connectivity index (χ4v) is 2.74. The van der Waals surface area contributed by atoms with E-state index in [4.69, 9.17) is 44.9 Å². The van der Waals surface area contributed by atoms with Crippen LogP contribution in [0.25, 0.3) is 0 Å². The summed E-state index contributed by atoms with van der Waals surface area (Å²) in [6, 6.07) is 11.0. The molecule has 0 radical (unpaired) electrons. The summed E-state index contributed by atoms with van der Waals surface area (Å²) in [5.41, 5.74) is 1.78. The van der Waals surface area contributed by atoms with Crippen LogP contribution in [0, 0.1) is 0 Å². The maximum Gasteiger partial charge on any atom is 0.171 e. The predicted molar refractivity (Wildman–Crippen MR) is 104 cm³/mol. The molecule has 0 saturated heterocycles. The monoisotopic (exact) mass is 384 g/mol. The van der Waals surface area contributed by atoms with E-state index >= 15 is 0 Å². The standard InChI is InChI=1S/C17H18Cl2N2O2S/c1-10(11-4-7-15(22-2)16(8-11)23-3)20-17(24)21-12-5-6-13(18)14(19)9-12/h4-10H,1-3H3,(H2,20,21,24). The van der Waals surface area contributed by atoms with Crippen molar-refractivity contribution in [3.8, 4) is 11.5 Å². The highest BCUT2D eigenvalue weighted by Crippen LogP contribution is 2.30. The molecule has 0 aromatic heterocycles. The van der Waals surface area contributed by atoms with E-state index in [0.717, 1.165) is 11.3 Å². The third kappa shape index (κ3) is 4.66. The van der Waals surface area contributed by atoms with Crippen molar-refractivity contribution in [3.63, 3.8) is 0 Å². The molecule has 0 amide bonds. The van der Waals surface area contributed by atoms with Crippen LogP contribution in [0.1, 0.15) is 18.5 Å². The van der Waals surface area contributed by atoms with Crippen LogP contribution in [0.2, 0.25) is 10.0 Å². The first kappa shape index (κ1) is 18.6. The molecule has 0 fully saturated rings. The molecule has 0 bridgehead atoms. The van der Waals surface area contributed by atoms with Crippen LogP contribution in [0.15, 0.2) is 36.4 Å². The van der Waals surface area contributed by atoms with Gasteiger partial charge in [0.1, 0.15) is 0 Å². The molecule has 0 aliphatic carbocycles. The molecule has 0 heterocycles. The number of halogens is 2. The molecule has 7 heteroatoms. The highest BCUT2D eigenvalue weighted by Gasteiger charge is 2.11. The lowest BCUT2D eigenvalue weighted by molar-refractivity contribution is 0.354. The van der Waals surface area contributed by atoms with Gasteiger partial charge in [-0.25, -0.2) is 0 Å². The summed E-state index contributed by atoms with van der Waals surface area (Å²) in [6.07, 6.45) is 0. The van der Waals surface area contributed by atoms with Gasteiger partial charge in [-0.15, -0.1) is 0 Å². The molecule has 128 valence electrons. The lowest BCUT2D eigenvalue weighted by atomic mass is 10.1. The second kappa shape index (κ2) is 8.42. The number of benzene rings is 2. The lowest BCUT2D eigenvalue weighted by Crippen LogP contribution is -2.30. The van der Waals surface area contributed by atoms with Gasteiger partial charge >= 0.3 is 0 Å². The van der Waals surface area contributed by atoms with Crippen LogP contribution in [0.3, 0.4) is 0 Å². The van der Waals surface area contributed by atoms with E-state index in [1.807, 2.05) is 31.2 Å². The maximum atomic E-state index is 6.00. The normalized spacial score (nSPS) is 11.5. The molecule has 2 aromatic carbocycles. The van der Waals surface area contributed by atoms with Gasteiger partial charge in [0.05, 0.1) is 30.3 Å². The predicted octanol–water partition coefficient (Wildman–Crippen LogP) is 5.06. The molecule has 4 nitrogen and oxygen atoms in total. The first-order chi connectivity index (χ1) is 11.4. The quantitative estimate of drug-likeness (QED) is 0.705. The van der Waals surface area contributed by atoms with Gasteiger partial charge in [-0.1, -0.05) is 29.3 Å². The van der Waals surface area contributed by atoms with Crippen LogP contribution in [0.5, 0.6) is 11.5 Å². The minimum absolute atomic E-state index is 0.0208. The minimum Gasteiger partial charge on any atom is -0.493 e. The van der Waals surface area contributed by atoms with Crippen molar-refractivity contribution < 1.29 is 9.47 Å². The van der Waals surface area contributed by atoms with Crippen molar-refractivity contribution in [3.05, 3.63) is 52.0 Å². The molecule has 1 atom stereocenters. The fourth-order valence-electron chi connectivity index (χ4n) is 2.14. The van der Waals surface area contributed by atoms with E-state index in [0.29, 0.717) is 26.7 Å². The number of methoxy groups -OCH3 is 2. The van der Waals surface area contributed by atoms with Crippen molar-refractivity contribution in [2.45, 2.75) is 13.0 Å². The second-order valence-corrected chi connectivity index (χ2v) is 6.29. The fraction of sp³-hybridized carbons (Fsp3) is 0.235. The highest BCUT2D eigenvalue weighted by atomic mass is 35.5. The van der Waals surface area contributed by atoms with Gasteiger partial charge in [-0.2, -0.15) is 0 Å². The average molecular weight is 385 g/mol. The molecule has 24 heavy (non-hydrogen) atoms. The molecular weight excluding hydrogens is 367 g/mol. The molecular formula is C17H18Cl2N2O2S. The van der Waals surface area contributed by atoms with Crippen molar-refractivity contribution in [1.82, 2.24) is 5.32 Å². The largest absolute Gasteiger partial charge is 0.493 e. The van der Waals surface area contributed by atoms with Gasteiger partial charge < -0.3 is 20.1 Å². The summed E-state index contributed by atoms with van der Waals surface area (Å²) in [7, 11) is 3.21. The number of hydrogen-bond acceptors (Lipinski definition) is 3. The van der Waals surface area contributed by atoms with E-state index in [9.17, 15) is 0 Å². The number of anilines is 1. The molecule has 2 N–H and O–H groups in total. The number of ether oxygens (including phenoxy) is 2. The Morgan fingerprint density at radius 1 is 1.00 bits per heavy atom. The molecule has 0 spiro atoms. The first-order valence-electron chi connectivity index (χ1n) is 7.19. The zero-order valence-corrected chi connectivity index (χ0v) is 15.9.